The van der Waals surface area contributed by atoms with Crippen molar-refractivity contribution in [3.8, 4) is 0 Å². The molecule has 0 aliphatic carbocycles. The molecule has 0 spiro atoms. The van der Waals surface area contributed by atoms with Crippen molar-refractivity contribution in [3.05, 3.63) is 0 Å². The fraction of sp³-hybridized carbons (Fsp3) is 1.00. The van der Waals surface area contributed by atoms with Crippen LogP contribution in [0.4, 0.5) is 0 Å². The Morgan fingerprint density at radius 3 is 2.65 bits per heavy atom. The van der Waals surface area contributed by atoms with Crippen molar-refractivity contribution in [1.82, 2.24) is 31.7 Å². The predicted molar refractivity (Wildman–Crippen MR) is 79.2 cm³/mol. The van der Waals surface area contributed by atoms with Crippen LogP contribution in [0, 0.1) is 11.8 Å². The van der Waals surface area contributed by atoms with E-state index in [1.165, 1.54) is 32.5 Å². The molecule has 0 radical (unpaired) electrons. The van der Waals surface area contributed by atoms with Gasteiger partial charge in [-0.15, -0.1) is 0 Å². The first-order valence-electron chi connectivity index (χ1n) is 8.32. The molecule has 4 unspecified atom stereocenters. The first kappa shape index (κ1) is 13.4. The van der Waals surface area contributed by atoms with E-state index in [1.807, 2.05) is 0 Å². The van der Waals surface area contributed by atoms with Gasteiger partial charge in [0.2, 0.25) is 0 Å². The number of piperazine rings is 1. The van der Waals surface area contributed by atoms with Gasteiger partial charge in [-0.25, -0.2) is 0 Å². The van der Waals surface area contributed by atoms with Gasteiger partial charge in [-0.2, -0.15) is 0 Å². The van der Waals surface area contributed by atoms with Crippen molar-refractivity contribution < 1.29 is 0 Å². The van der Waals surface area contributed by atoms with E-state index in [0.29, 0.717) is 18.2 Å². The predicted octanol–water partition coefficient (Wildman–Crippen LogP) is -1.72. The highest BCUT2D eigenvalue weighted by Gasteiger charge is 2.44. The Morgan fingerprint density at radius 2 is 1.80 bits per heavy atom. The fourth-order valence-electron chi connectivity index (χ4n) is 4.36. The number of hydrogen-bond acceptors (Lipinski definition) is 6. The second kappa shape index (κ2) is 5.87. The topological polar surface area (TPSA) is 63.4 Å². The molecular formula is C14H28N6. The van der Waals surface area contributed by atoms with Crippen LogP contribution in [0.25, 0.3) is 0 Å². The van der Waals surface area contributed by atoms with Crippen molar-refractivity contribution >= 4 is 0 Å². The molecule has 4 heterocycles. The quantitative estimate of drug-likeness (QED) is 0.415. The maximum atomic E-state index is 3.77. The molecule has 114 valence electrons. The molecule has 4 fully saturated rings. The third-order valence-electron chi connectivity index (χ3n) is 5.57. The number of hydrogen-bond donors (Lipinski definition) is 5. The Kier molecular flexibility index (Phi) is 3.94. The highest BCUT2D eigenvalue weighted by Crippen LogP contribution is 2.29. The average molecular weight is 280 g/mol. The molecule has 0 aromatic carbocycles. The van der Waals surface area contributed by atoms with Crippen molar-refractivity contribution in [2.24, 2.45) is 11.8 Å². The van der Waals surface area contributed by atoms with Gasteiger partial charge in [0.1, 0.15) is 0 Å². The Bertz CT molecular complexity index is 324. The van der Waals surface area contributed by atoms with Crippen LogP contribution in [0.3, 0.4) is 0 Å². The summed E-state index contributed by atoms with van der Waals surface area (Å²) in [5, 5.41) is 10.9. The fourth-order valence-corrected chi connectivity index (χ4v) is 4.36. The van der Waals surface area contributed by atoms with E-state index in [-0.39, 0.29) is 0 Å². The van der Waals surface area contributed by atoms with Crippen molar-refractivity contribution in [2.75, 3.05) is 45.8 Å². The molecule has 0 saturated carbocycles. The van der Waals surface area contributed by atoms with E-state index in [0.717, 1.165) is 38.0 Å². The zero-order valence-electron chi connectivity index (χ0n) is 12.2. The van der Waals surface area contributed by atoms with E-state index in [2.05, 4.69) is 31.7 Å². The van der Waals surface area contributed by atoms with Gasteiger partial charge in [0.15, 0.2) is 0 Å². The first-order chi connectivity index (χ1) is 9.92. The number of fused-ring (bicyclic) bond motifs is 1. The summed E-state index contributed by atoms with van der Waals surface area (Å²) < 4.78 is 0. The molecule has 4 atom stereocenters. The standard InChI is InChI=1S/C14H28N6/c1-2-10-6-18-19-14(13(10)17-3-1)11-8-20(9-11)12-7-15-4-5-16-12/h10-19H,1-9H2. The number of nitrogens with one attached hydrogen (secondary N) is 5. The van der Waals surface area contributed by atoms with E-state index < -0.39 is 0 Å². The minimum atomic E-state index is 0.548. The van der Waals surface area contributed by atoms with Gasteiger partial charge in [0, 0.05) is 57.3 Å². The van der Waals surface area contributed by atoms with Gasteiger partial charge in [-0.3, -0.25) is 21.1 Å². The molecule has 0 amide bonds. The number of hydrazine groups is 1. The van der Waals surface area contributed by atoms with Crippen LogP contribution < -0.4 is 26.8 Å². The van der Waals surface area contributed by atoms with Crippen LogP contribution in [-0.4, -0.2) is 69.0 Å². The van der Waals surface area contributed by atoms with Crippen LogP contribution in [0.1, 0.15) is 12.8 Å². The van der Waals surface area contributed by atoms with Crippen LogP contribution in [-0.2, 0) is 0 Å². The van der Waals surface area contributed by atoms with Gasteiger partial charge in [0.05, 0.1) is 6.17 Å². The third kappa shape index (κ3) is 2.49. The zero-order valence-corrected chi connectivity index (χ0v) is 12.2. The third-order valence-corrected chi connectivity index (χ3v) is 5.57. The summed E-state index contributed by atoms with van der Waals surface area (Å²) in [6.45, 7) is 8.07. The maximum Gasteiger partial charge on any atom is 0.0726 e. The lowest BCUT2D eigenvalue weighted by atomic mass is 9.77. The minimum absolute atomic E-state index is 0.548. The second-order valence-electron chi connectivity index (χ2n) is 6.82. The molecule has 5 N–H and O–H groups in total. The molecule has 0 aromatic rings. The molecule has 20 heavy (non-hydrogen) atoms. The van der Waals surface area contributed by atoms with Crippen LogP contribution >= 0.6 is 0 Å². The van der Waals surface area contributed by atoms with E-state index >= 15 is 0 Å². The van der Waals surface area contributed by atoms with Crippen LogP contribution in [0.2, 0.25) is 0 Å². The summed E-state index contributed by atoms with van der Waals surface area (Å²) in [6.07, 6.45) is 3.27. The van der Waals surface area contributed by atoms with Crippen LogP contribution in [0.15, 0.2) is 0 Å². The Morgan fingerprint density at radius 1 is 0.850 bits per heavy atom. The van der Waals surface area contributed by atoms with E-state index in [9.17, 15) is 0 Å². The second-order valence-corrected chi connectivity index (χ2v) is 6.82. The highest BCUT2D eigenvalue weighted by molar-refractivity contribution is 5.02. The lowest BCUT2D eigenvalue weighted by molar-refractivity contribution is -0.0150. The zero-order chi connectivity index (χ0) is 13.4. The smallest absolute Gasteiger partial charge is 0.0726 e. The molecule has 6 nitrogen and oxygen atoms in total. The molecular weight excluding hydrogens is 252 g/mol. The summed E-state index contributed by atoms with van der Waals surface area (Å²) >= 11 is 0. The molecule has 6 heteroatoms. The van der Waals surface area contributed by atoms with Crippen molar-refractivity contribution in [3.63, 3.8) is 0 Å². The van der Waals surface area contributed by atoms with Crippen molar-refractivity contribution in [1.29, 1.82) is 0 Å². The van der Waals surface area contributed by atoms with E-state index in [1.54, 1.807) is 0 Å². The summed E-state index contributed by atoms with van der Waals surface area (Å²) in [6, 6.07) is 1.27. The summed E-state index contributed by atoms with van der Waals surface area (Å²) in [5.74, 6) is 1.60. The van der Waals surface area contributed by atoms with Crippen molar-refractivity contribution in [2.45, 2.75) is 31.1 Å². The Hall–Kier alpha value is -0.240. The monoisotopic (exact) mass is 280 g/mol. The van der Waals surface area contributed by atoms with Gasteiger partial charge < -0.3 is 10.6 Å². The minimum Gasteiger partial charge on any atom is -0.313 e. The molecule has 0 bridgehead atoms. The lowest BCUT2D eigenvalue weighted by Crippen LogP contribution is -2.73. The number of nitrogens with zero attached hydrogens (tertiary/aromatic N) is 1. The van der Waals surface area contributed by atoms with Gasteiger partial charge in [-0.05, 0) is 25.3 Å². The maximum absolute atomic E-state index is 3.77. The largest absolute Gasteiger partial charge is 0.313 e. The molecule has 4 aliphatic rings. The molecule has 4 rings (SSSR count). The van der Waals surface area contributed by atoms with Gasteiger partial charge >= 0.3 is 0 Å². The highest BCUT2D eigenvalue weighted by atomic mass is 15.4. The van der Waals surface area contributed by atoms with Crippen LogP contribution in [0.5, 0.6) is 0 Å². The number of piperidine rings is 1. The summed E-state index contributed by atoms with van der Waals surface area (Å²) in [7, 11) is 0. The van der Waals surface area contributed by atoms with Gasteiger partial charge in [-0.1, -0.05) is 0 Å². The van der Waals surface area contributed by atoms with Gasteiger partial charge in [0.25, 0.3) is 0 Å². The first-order valence-corrected chi connectivity index (χ1v) is 8.32. The lowest BCUT2D eigenvalue weighted by Gasteiger charge is -2.53. The average Bonchev–Trinajstić information content (AvgIpc) is 2.47. The molecule has 4 saturated heterocycles. The Balaban J connectivity index is 1.32. The summed E-state index contributed by atoms with van der Waals surface area (Å²) in [4.78, 5) is 2.59. The van der Waals surface area contributed by atoms with E-state index in [4.69, 9.17) is 0 Å². The molecule has 4 aliphatic heterocycles. The Labute approximate surface area is 121 Å². The number of likely N-dealkylation sites (tertiary alicyclic amines) is 1. The summed E-state index contributed by atoms with van der Waals surface area (Å²) in [5.41, 5.74) is 7.01. The molecule has 0 aromatic heterocycles. The number of rotatable bonds is 2. The SMILES string of the molecule is C1CNC2C(C1)CNNC2C1CN(C2CNCCN2)C1. The normalized spacial score (nSPS) is 43.8.